The second kappa shape index (κ2) is 10.3. The van der Waals surface area contributed by atoms with E-state index in [1.54, 1.807) is 12.0 Å². The molecule has 1 fully saturated rings. The van der Waals surface area contributed by atoms with E-state index in [0.29, 0.717) is 29.4 Å². The first kappa shape index (κ1) is 23.9. The molecule has 2 atom stereocenters. The van der Waals surface area contributed by atoms with Crippen LogP contribution in [0.3, 0.4) is 0 Å². The quantitative estimate of drug-likeness (QED) is 0.430. The summed E-state index contributed by atoms with van der Waals surface area (Å²) in [4.78, 5) is 45.0. The van der Waals surface area contributed by atoms with Gasteiger partial charge in [-0.1, -0.05) is 43.7 Å². The Labute approximate surface area is 201 Å². The van der Waals surface area contributed by atoms with Crippen molar-refractivity contribution in [3.05, 3.63) is 57.0 Å². The van der Waals surface area contributed by atoms with Crippen LogP contribution in [-0.4, -0.2) is 45.0 Å². The number of aryl methyl sites for hydroxylation is 1. The number of nitrogens with zero attached hydrogens (tertiary/aromatic N) is 4. The molecular weight excluding hydrogens is 456 g/mol. The standard InChI is InChI=1S/C24H28N4O5S/c1-4-6-11-27-20(29)13-18(22(27)15-7-9-17(32-3)10-8-15)23(31)33-14-16-12-21(30)28-24(25-16)34-19(5-2)26-28/h7-10,12,18,22H,4-6,11,13-14H2,1-3H3/t18-,22-/m0/s1. The first-order chi connectivity index (χ1) is 16.4. The molecule has 0 radical (unpaired) electrons. The summed E-state index contributed by atoms with van der Waals surface area (Å²) >= 11 is 1.33. The number of carbonyl (C=O) groups excluding carboxylic acids is 2. The molecule has 34 heavy (non-hydrogen) atoms. The Kier molecular flexibility index (Phi) is 7.26. The van der Waals surface area contributed by atoms with Crippen molar-refractivity contribution >= 4 is 28.2 Å². The number of fused-ring (bicyclic) bond motifs is 1. The number of unbranched alkanes of at least 4 members (excludes halogenated alkanes) is 1. The Morgan fingerprint density at radius 3 is 2.65 bits per heavy atom. The Balaban J connectivity index is 1.54. The molecule has 1 aliphatic rings. The van der Waals surface area contributed by atoms with E-state index in [0.717, 1.165) is 23.4 Å². The first-order valence-electron chi connectivity index (χ1n) is 11.4. The summed E-state index contributed by atoms with van der Waals surface area (Å²) in [5.74, 6) is -0.480. The molecular formula is C24H28N4O5S. The zero-order valence-corrected chi connectivity index (χ0v) is 20.3. The molecule has 3 heterocycles. The first-order valence-corrected chi connectivity index (χ1v) is 12.3. The zero-order chi connectivity index (χ0) is 24.2. The lowest BCUT2D eigenvalue weighted by Crippen LogP contribution is -2.32. The van der Waals surface area contributed by atoms with Crippen LogP contribution in [0.2, 0.25) is 0 Å². The van der Waals surface area contributed by atoms with Gasteiger partial charge in [-0.15, -0.1) is 0 Å². The Bertz CT molecular complexity index is 1240. The van der Waals surface area contributed by atoms with Crippen molar-refractivity contribution in [3.63, 3.8) is 0 Å². The van der Waals surface area contributed by atoms with Crippen LogP contribution in [0.25, 0.3) is 4.96 Å². The lowest BCUT2D eigenvalue weighted by atomic mass is 9.93. The molecule has 0 unspecified atom stereocenters. The highest BCUT2D eigenvalue weighted by Gasteiger charge is 2.45. The fourth-order valence-electron chi connectivity index (χ4n) is 4.17. The fraction of sp³-hybridized carbons (Fsp3) is 0.458. The summed E-state index contributed by atoms with van der Waals surface area (Å²) in [5, 5.41) is 5.03. The number of benzene rings is 1. The van der Waals surface area contributed by atoms with Gasteiger partial charge in [0.05, 0.1) is 24.8 Å². The van der Waals surface area contributed by atoms with E-state index in [-0.39, 0.29) is 24.5 Å². The summed E-state index contributed by atoms with van der Waals surface area (Å²) in [7, 11) is 1.59. The minimum absolute atomic E-state index is 0.0641. The van der Waals surface area contributed by atoms with Crippen molar-refractivity contribution in [3.8, 4) is 5.75 Å². The number of ether oxygens (including phenoxy) is 2. The summed E-state index contributed by atoms with van der Waals surface area (Å²) < 4.78 is 12.1. The van der Waals surface area contributed by atoms with E-state index < -0.39 is 17.9 Å². The van der Waals surface area contributed by atoms with Crippen molar-refractivity contribution in [1.82, 2.24) is 19.5 Å². The average Bonchev–Trinajstić information content (AvgIpc) is 3.42. The van der Waals surface area contributed by atoms with Gasteiger partial charge in [-0.25, -0.2) is 4.98 Å². The average molecular weight is 485 g/mol. The molecule has 0 saturated carbocycles. The van der Waals surface area contributed by atoms with E-state index in [1.807, 2.05) is 31.2 Å². The minimum atomic E-state index is -0.641. The predicted molar refractivity (Wildman–Crippen MR) is 127 cm³/mol. The van der Waals surface area contributed by atoms with Gasteiger partial charge in [0, 0.05) is 19.0 Å². The number of aromatic nitrogens is 3. The van der Waals surface area contributed by atoms with Gasteiger partial charge in [-0.2, -0.15) is 9.61 Å². The number of hydrogen-bond acceptors (Lipinski definition) is 8. The number of methoxy groups -OCH3 is 1. The molecule has 0 aliphatic carbocycles. The van der Waals surface area contributed by atoms with Crippen LogP contribution >= 0.6 is 11.3 Å². The van der Waals surface area contributed by atoms with Crippen molar-refractivity contribution in [1.29, 1.82) is 0 Å². The van der Waals surface area contributed by atoms with Crippen LogP contribution in [0.4, 0.5) is 0 Å². The summed E-state index contributed by atoms with van der Waals surface area (Å²) in [6, 6.07) is 8.33. The topological polar surface area (TPSA) is 103 Å². The molecule has 10 heteroatoms. The van der Waals surface area contributed by atoms with Gasteiger partial charge in [0.1, 0.15) is 17.4 Å². The SMILES string of the molecule is CCCCN1C(=O)C[C@H](C(=O)OCc2cc(=O)n3nc(CC)sc3n2)[C@@H]1c1ccc(OC)cc1. The lowest BCUT2D eigenvalue weighted by Gasteiger charge is -2.28. The van der Waals surface area contributed by atoms with E-state index in [2.05, 4.69) is 17.0 Å². The van der Waals surface area contributed by atoms with Crippen LogP contribution in [0.1, 0.15) is 55.4 Å². The monoisotopic (exact) mass is 484 g/mol. The van der Waals surface area contributed by atoms with Crippen molar-refractivity contribution in [2.24, 2.45) is 5.92 Å². The van der Waals surface area contributed by atoms with Crippen LogP contribution in [0.5, 0.6) is 5.75 Å². The molecule has 2 aromatic heterocycles. The third-order valence-electron chi connectivity index (χ3n) is 5.95. The normalized spacial score (nSPS) is 18.0. The molecule has 1 aromatic carbocycles. The second-order valence-electron chi connectivity index (χ2n) is 8.21. The maximum absolute atomic E-state index is 13.1. The van der Waals surface area contributed by atoms with Crippen LogP contribution in [0.15, 0.2) is 35.1 Å². The third-order valence-corrected chi connectivity index (χ3v) is 7.00. The van der Waals surface area contributed by atoms with E-state index in [9.17, 15) is 14.4 Å². The fourth-order valence-corrected chi connectivity index (χ4v) is 5.03. The maximum Gasteiger partial charge on any atom is 0.312 e. The van der Waals surface area contributed by atoms with Crippen LogP contribution < -0.4 is 10.3 Å². The van der Waals surface area contributed by atoms with E-state index >= 15 is 0 Å². The molecule has 1 amide bonds. The smallest absolute Gasteiger partial charge is 0.312 e. The molecule has 0 spiro atoms. The summed E-state index contributed by atoms with van der Waals surface area (Å²) in [6.07, 6.45) is 2.58. The Morgan fingerprint density at radius 1 is 1.21 bits per heavy atom. The number of amides is 1. The largest absolute Gasteiger partial charge is 0.497 e. The molecule has 0 bridgehead atoms. The van der Waals surface area contributed by atoms with Gasteiger partial charge in [0.25, 0.3) is 5.56 Å². The molecule has 1 saturated heterocycles. The Hall–Kier alpha value is -3.27. The number of likely N-dealkylation sites (tertiary alicyclic amines) is 1. The molecule has 0 N–H and O–H groups in total. The molecule has 180 valence electrons. The molecule has 3 aromatic rings. The van der Waals surface area contributed by atoms with Crippen molar-refractivity contribution in [2.75, 3.05) is 13.7 Å². The number of carbonyl (C=O) groups is 2. The number of hydrogen-bond donors (Lipinski definition) is 0. The molecule has 4 rings (SSSR count). The number of esters is 1. The van der Waals surface area contributed by atoms with Gasteiger partial charge in [-0.3, -0.25) is 14.4 Å². The highest BCUT2D eigenvalue weighted by atomic mass is 32.1. The van der Waals surface area contributed by atoms with Gasteiger partial charge in [0.15, 0.2) is 0 Å². The lowest BCUT2D eigenvalue weighted by molar-refractivity contribution is -0.151. The van der Waals surface area contributed by atoms with Crippen LogP contribution in [0, 0.1) is 5.92 Å². The van der Waals surface area contributed by atoms with Gasteiger partial charge in [0.2, 0.25) is 10.9 Å². The van der Waals surface area contributed by atoms with Crippen molar-refractivity contribution in [2.45, 2.75) is 52.2 Å². The van der Waals surface area contributed by atoms with Crippen molar-refractivity contribution < 1.29 is 19.1 Å². The second-order valence-corrected chi connectivity index (χ2v) is 9.25. The number of rotatable bonds is 9. The van der Waals surface area contributed by atoms with Gasteiger partial charge in [-0.05, 0) is 30.5 Å². The predicted octanol–water partition coefficient (Wildman–Crippen LogP) is 3.16. The highest BCUT2D eigenvalue weighted by Crippen LogP contribution is 2.39. The van der Waals surface area contributed by atoms with Crippen LogP contribution in [-0.2, 0) is 27.4 Å². The zero-order valence-electron chi connectivity index (χ0n) is 19.5. The maximum atomic E-state index is 13.1. The highest BCUT2D eigenvalue weighted by molar-refractivity contribution is 7.16. The third kappa shape index (κ3) is 4.82. The molecule has 1 aliphatic heterocycles. The van der Waals surface area contributed by atoms with Gasteiger partial charge < -0.3 is 14.4 Å². The summed E-state index contributed by atoms with van der Waals surface area (Å²) in [5.41, 5.74) is 0.905. The minimum Gasteiger partial charge on any atom is -0.497 e. The molecule has 9 nitrogen and oxygen atoms in total. The van der Waals surface area contributed by atoms with E-state index in [1.165, 1.54) is 21.9 Å². The Morgan fingerprint density at radius 2 is 1.97 bits per heavy atom. The van der Waals surface area contributed by atoms with E-state index in [4.69, 9.17) is 9.47 Å². The van der Waals surface area contributed by atoms with Gasteiger partial charge >= 0.3 is 5.97 Å². The summed E-state index contributed by atoms with van der Waals surface area (Å²) in [6.45, 7) is 4.46.